The molecule has 158 valence electrons. The summed E-state index contributed by atoms with van der Waals surface area (Å²) in [5.74, 6) is 3.77. The number of aliphatic imine (C=N–C) groups is 1. The number of thioether (sulfide) groups is 1. The van der Waals surface area contributed by atoms with Crippen LogP contribution < -0.4 is 5.32 Å². The third-order valence-electron chi connectivity index (χ3n) is 5.83. The Kier molecular flexibility index (Phi) is 10.4. The number of rotatable bonds is 6. The molecule has 2 saturated heterocycles. The number of nitrogens with one attached hydrogen (secondary N) is 1. The molecule has 0 saturated carbocycles. The molecule has 0 bridgehead atoms. The maximum atomic E-state index is 4.57. The highest BCUT2D eigenvalue weighted by atomic mass is 127. The number of hydrogen-bond donors (Lipinski definition) is 1. The Balaban J connectivity index is 0.00000280. The fourth-order valence-electron chi connectivity index (χ4n) is 4.05. The van der Waals surface area contributed by atoms with Crippen molar-refractivity contribution < 1.29 is 0 Å². The van der Waals surface area contributed by atoms with Crippen LogP contribution in [0.15, 0.2) is 35.3 Å². The largest absolute Gasteiger partial charge is 0.356 e. The minimum absolute atomic E-state index is 0. The Morgan fingerprint density at radius 1 is 1.21 bits per heavy atom. The Hall–Kier alpha value is -0.470. The molecule has 2 heterocycles. The Bertz CT molecular complexity index is 595. The van der Waals surface area contributed by atoms with Gasteiger partial charge < -0.3 is 15.1 Å². The molecule has 4 nitrogen and oxygen atoms in total. The van der Waals surface area contributed by atoms with E-state index in [1.807, 2.05) is 7.05 Å². The molecule has 1 N–H and O–H groups in total. The molecule has 2 fully saturated rings. The molecule has 6 heteroatoms. The molecule has 2 atom stereocenters. The summed E-state index contributed by atoms with van der Waals surface area (Å²) < 4.78 is 0. The SMILES string of the molecule is CN=C(NCC1CCN(CCc2ccccc2)C1)N1CCSC(C(C)C)C1.I. The summed E-state index contributed by atoms with van der Waals surface area (Å²) in [4.78, 5) is 9.65. The standard InChI is InChI=1S/C22H36N4S.HI/c1-18(2)21-17-26(13-14-27-21)22(23-3)24-15-20-10-12-25(16-20)11-9-19-7-5-4-6-8-19;/h4-8,18,20-21H,9-17H2,1-3H3,(H,23,24);1H. The number of likely N-dealkylation sites (tertiary alicyclic amines) is 1. The van der Waals surface area contributed by atoms with Gasteiger partial charge in [0.25, 0.3) is 0 Å². The van der Waals surface area contributed by atoms with Crippen molar-refractivity contribution in [2.45, 2.75) is 31.9 Å². The van der Waals surface area contributed by atoms with Crippen LogP contribution in [-0.2, 0) is 6.42 Å². The van der Waals surface area contributed by atoms with Crippen molar-refractivity contribution >= 4 is 41.7 Å². The van der Waals surface area contributed by atoms with Crippen LogP contribution in [0.2, 0.25) is 0 Å². The van der Waals surface area contributed by atoms with Gasteiger partial charge in [-0.05, 0) is 36.8 Å². The van der Waals surface area contributed by atoms with Gasteiger partial charge >= 0.3 is 0 Å². The predicted octanol–water partition coefficient (Wildman–Crippen LogP) is 3.82. The van der Waals surface area contributed by atoms with Crippen molar-refractivity contribution in [2.75, 3.05) is 52.1 Å². The molecule has 0 aliphatic carbocycles. The van der Waals surface area contributed by atoms with E-state index in [9.17, 15) is 0 Å². The fraction of sp³-hybridized carbons (Fsp3) is 0.682. The summed E-state index contributed by atoms with van der Waals surface area (Å²) in [5, 5.41) is 4.39. The van der Waals surface area contributed by atoms with Crippen molar-refractivity contribution in [1.82, 2.24) is 15.1 Å². The molecular weight excluding hydrogens is 479 g/mol. The molecule has 2 unspecified atom stereocenters. The first-order valence-corrected chi connectivity index (χ1v) is 11.5. The molecular formula is C22H37IN4S. The fourth-order valence-corrected chi connectivity index (χ4v) is 5.35. The maximum Gasteiger partial charge on any atom is 0.193 e. The zero-order valence-electron chi connectivity index (χ0n) is 17.6. The Morgan fingerprint density at radius 2 is 2.00 bits per heavy atom. The lowest BCUT2D eigenvalue weighted by atomic mass is 10.1. The highest BCUT2D eigenvalue weighted by molar-refractivity contribution is 14.0. The lowest BCUT2D eigenvalue weighted by molar-refractivity contribution is 0.326. The van der Waals surface area contributed by atoms with Gasteiger partial charge in [0.05, 0.1) is 0 Å². The van der Waals surface area contributed by atoms with Gasteiger partial charge in [0, 0.05) is 50.8 Å². The first-order valence-electron chi connectivity index (χ1n) is 10.5. The van der Waals surface area contributed by atoms with Gasteiger partial charge in [0.1, 0.15) is 0 Å². The van der Waals surface area contributed by atoms with Crippen molar-refractivity contribution in [3.63, 3.8) is 0 Å². The summed E-state index contributed by atoms with van der Waals surface area (Å²) in [7, 11) is 1.93. The molecule has 1 aromatic rings. The zero-order chi connectivity index (χ0) is 19.1. The first-order chi connectivity index (χ1) is 13.2. The van der Waals surface area contributed by atoms with E-state index in [0.29, 0.717) is 0 Å². The van der Waals surface area contributed by atoms with E-state index >= 15 is 0 Å². The van der Waals surface area contributed by atoms with Crippen LogP contribution in [0.4, 0.5) is 0 Å². The lowest BCUT2D eigenvalue weighted by Crippen LogP contribution is -2.50. The van der Waals surface area contributed by atoms with E-state index < -0.39 is 0 Å². The van der Waals surface area contributed by atoms with Crippen LogP contribution in [0.5, 0.6) is 0 Å². The topological polar surface area (TPSA) is 30.9 Å². The summed E-state index contributed by atoms with van der Waals surface area (Å²) in [6, 6.07) is 10.8. The minimum atomic E-state index is 0. The predicted molar refractivity (Wildman–Crippen MR) is 134 cm³/mol. The van der Waals surface area contributed by atoms with E-state index in [-0.39, 0.29) is 24.0 Å². The average Bonchev–Trinajstić information content (AvgIpc) is 3.16. The summed E-state index contributed by atoms with van der Waals surface area (Å²) in [6.45, 7) is 11.6. The molecule has 0 amide bonds. The molecule has 0 radical (unpaired) electrons. The van der Waals surface area contributed by atoms with Gasteiger partial charge in [-0.25, -0.2) is 0 Å². The quantitative estimate of drug-likeness (QED) is 0.354. The van der Waals surface area contributed by atoms with E-state index in [2.05, 4.69) is 76.1 Å². The monoisotopic (exact) mass is 516 g/mol. The first kappa shape index (κ1) is 23.8. The summed E-state index contributed by atoms with van der Waals surface area (Å²) in [5.41, 5.74) is 1.45. The third kappa shape index (κ3) is 7.10. The smallest absolute Gasteiger partial charge is 0.193 e. The third-order valence-corrected chi connectivity index (χ3v) is 7.37. The summed E-state index contributed by atoms with van der Waals surface area (Å²) in [6.07, 6.45) is 2.45. The molecule has 2 aliphatic rings. The van der Waals surface area contributed by atoms with E-state index in [1.165, 1.54) is 37.4 Å². The molecule has 0 spiro atoms. The van der Waals surface area contributed by atoms with Gasteiger partial charge in [0.15, 0.2) is 5.96 Å². The molecule has 28 heavy (non-hydrogen) atoms. The van der Waals surface area contributed by atoms with Gasteiger partial charge in [-0.1, -0.05) is 44.2 Å². The van der Waals surface area contributed by atoms with E-state index in [4.69, 9.17) is 0 Å². The van der Waals surface area contributed by atoms with E-state index in [1.54, 1.807) is 0 Å². The Labute approximate surface area is 192 Å². The van der Waals surface area contributed by atoms with Crippen molar-refractivity contribution in [3.05, 3.63) is 35.9 Å². The van der Waals surface area contributed by atoms with Gasteiger partial charge in [0.2, 0.25) is 0 Å². The van der Waals surface area contributed by atoms with Crippen LogP contribution >= 0.6 is 35.7 Å². The summed E-state index contributed by atoms with van der Waals surface area (Å²) >= 11 is 2.12. The molecule has 3 rings (SSSR count). The number of nitrogens with zero attached hydrogens (tertiary/aromatic N) is 3. The van der Waals surface area contributed by atoms with E-state index in [0.717, 1.165) is 49.1 Å². The highest BCUT2D eigenvalue weighted by Crippen LogP contribution is 2.25. The normalized spacial score (nSPS) is 23.7. The van der Waals surface area contributed by atoms with Crippen LogP contribution in [0.25, 0.3) is 0 Å². The second kappa shape index (κ2) is 12.3. The Morgan fingerprint density at radius 3 is 2.71 bits per heavy atom. The second-order valence-electron chi connectivity index (χ2n) is 8.22. The van der Waals surface area contributed by atoms with Crippen LogP contribution in [0, 0.1) is 11.8 Å². The average molecular weight is 517 g/mol. The van der Waals surface area contributed by atoms with Gasteiger partial charge in [-0.3, -0.25) is 4.99 Å². The highest BCUT2D eigenvalue weighted by Gasteiger charge is 2.26. The molecule has 2 aliphatic heterocycles. The number of halogens is 1. The molecule has 1 aromatic carbocycles. The van der Waals surface area contributed by atoms with Crippen LogP contribution in [0.1, 0.15) is 25.8 Å². The number of hydrogen-bond acceptors (Lipinski definition) is 3. The number of benzene rings is 1. The van der Waals surface area contributed by atoms with Gasteiger partial charge in [-0.15, -0.1) is 24.0 Å². The lowest BCUT2D eigenvalue weighted by Gasteiger charge is -2.36. The van der Waals surface area contributed by atoms with Crippen molar-refractivity contribution in [3.8, 4) is 0 Å². The number of guanidine groups is 1. The van der Waals surface area contributed by atoms with Crippen LogP contribution in [-0.4, -0.2) is 73.1 Å². The minimum Gasteiger partial charge on any atom is -0.356 e. The maximum absolute atomic E-state index is 4.57. The second-order valence-corrected chi connectivity index (χ2v) is 9.57. The molecule has 0 aromatic heterocycles. The van der Waals surface area contributed by atoms with Crippen LogP contribution in [0.3, 0.4) is 0 Å². The zero-order valence-corrected chi connectivity index (χ0v) is 20.8. The van der Waals surface area contributed by atoms with Crippen molar-refractivity contribution in [2.24, 2.45) is 16.8 Å². The van der Waals surface area contributed by atoms with Gasteiger partial charge in [-0.2, -0.15) is 11.8 Å². The van der Waals surface area contributed by atoms with Crippen molar-refractivity contribution in [1.29, 1.82) is 0 Å².